The average molecular weight is 330 g/mol. The maximum atomic E-state index is 12.7. The molecular weight excluding hydrogens is 321 g/mol. The first kappa shape index (κ1) is 16.1. The van der Waals surface area contributed by atoms with E-state index in [9.17, 15) is 22.8 Å². The first-order chi connectivity index (χ1) is 10.2. The number of nitrogens with one attached hydrogen (secondary N) is 1. The van der Waals surface area contributed by atoms with Gasteiger partial charge in [-0.3, -0.25) is 4.79 Å². The summed E-state index contributed by atoms with van der Waals surface area (Å²) in [7, 11) is 0. The van der Waals surface area contributed by atoms with E-state index in [4.69, 9.17) is 5.11 Å². The maximum absolute atomic E-state index is 12.7. The molecule has 2 N–H and O–H groups in total. The van der Waals surface area contributed by atoms with E-state index in [1.807, 2.05) is 0 Å². The van der Waals surface area contributed by atoms with Crippen LogP contribution < -0.4 is 5.56 Å². The van der Waals surface area contributed by atoms with Gasteiger partial charge in [0.05, 0.1) is 10.8 Å². The topological polar surface area (TPSA) is 83.0 Å². The van der Waals surface area contributed by atoms with Gasteiger partial charge in [0.15, 0.2) is 5.69 Å². The zero-order valence-corrected chi connectivity index (χ0v) is 11.7. The second-order valence-electron chi connectivity index (χ2n) is 4.35. The van der Waals surface area contributed by atoms with Gasteiger partial charge < -0.3 is 10.1 Å². The molecule has 0 spiro atoms. The number of halogens is 3. The second-order valence-corrected chi connectivity index (χ2v) is 4.86. The lowest BCUT2D eigenvalue weighted by molar-refractivity contribution is -0.141. The number of rotatable bonds is 3. The predicted octanol–water partition coefficient (Wildman–Crippen LogP) is 2.51. The summed E-state index contributed by atoms with van der Waals surface area (Å²) < 4.78 is 38.0. The number of alkyl halides is 3. The van der Waals surface area contributed by atoms with Gasteiger partial charge in [0, 0.05) is 6.07 Å². The van der Waals surface area contributed by atoms with Crippen molar-refractivity contribution in [3.8, 4) is 0 Å². The summed E-state index contributed by atoms with van der Waals surface area (Å²) in [5, 5.41) is 7.90. The number of thiol groups is 1. The van der Waals surface area contributed by atoms with Crippen molar-refractivity contribution in [2.45, 2.75) is 11.4 Å². The Hall–Kier alpha value is -2.29. The van der Waals surface area contributed by atoms with Gasteiger partial charge in [-0.2, -0.15) is 25.8 Å². The molecular formula is C13H9F3N2O3S. The normalized spacial score (nSPS) is 12.9. The number of aromatic amines is 1. The molecule has 0 bridgehead atoms. The van der Waals surface area contributed by atoms with Crippen LogP contribution in [0.15, 0.2) is 35.1 Å². The Morgan fingerprint density at radius 3 is 2.59 bits per heavy atom. The van der Waals surface area contributed by atoms with Crippen LogP contribution in [0, 0.1) is 0 Å². The van der Waals surface area contributed by atoms with Crippen LogP contribution in [0.5, 0.6) is 0 Å². The molecule has 0 aliphatic carbocycles. The van der Waals surface area contributed by atoms with Gasteiger partial charge in [-0.15, -0.1) is 0 Å². The fourth-order valence-corrected chi connectivity index (χ4v) is 2.03. The van der Waals surface area contributed by atoms with Gasteiger partial charge in [0.1, 0.15) is 5.82 Å². The molecule has 116 valence electrons. The lowest BCUT2D eigenvalue weighted by Gasteiger charge is -2.13. The van der Waals surface area contributed by atoms with E-state index in [0.717, 1.165) is 0 Å². The molecule has 0 radical (unpaired) electrons. The highest BCUT2D eigenvalue weighted by Gasteiger charge is 2.34. The van der Waals surface area contributed by atoms with Gasteiger partial charge in [-0.25, -0.2) is 9.78 Å². The molecule has 5 nitrogen and oxygen atoms in total. The SMILES string of the molecule is O=C(O)c1cccc(C(S)c2nc(C(F)(F)F)cc(=O)[nH]2)c1. The fourth-order valence-electron chi connectivity index (χ4n) is 1.75. The molecule has 9 heteroatoms. The number of carbonyl (C=O) groups is 1. The zero-order valence-electron chi connectivity index (χ0n) is 10.8. The van der Waals surface area contributed by atoms with E-state index in [1.54, 1.807) is 0 Å². The Bertz CT molecular complexity index is 774. The van der Waals surface area contributed by atoms with Gasteiger partial charge in [-0.05, 0) is 17.7 Å². The number of aromatic carboxylic acids is 1. The minimum absolute atomic E-state index is 0.0501. The minimum Gasteiger partial charge on any atom is -0.478 e. The number of hydrogen-bond donors (Lipinski definition) is 3. The summed E-state index contributed by atoms with van der Waals surface area (Å²) in [5.74, 6) is -1.50. The number of hydrogen-bond acceptors (Lipinski definition) is 4. The van der Waals surface area contributed by atoms with Crippen molar-refractivity contribution in [2.75, 3.05) is 0 Å². The van der Waals surface area contributed by atoms with E-state index < -0.39 is 28.6 Å². The van der Waals surface area contributed by atoms with Crippen LogP contribution in [-0.4, -0.2) is 21.0 Å². The minimum atomic E-state index is -4.76. The largest absolute Gasteiger partial charge is 0.478 e. The van der Waals surface area contributed by atoms with E-state index in [0.29, 0.717) is 11.6 Å². The van der Waals surface area contributed by atoms with E-state index in [2.05, 4.69) is 22.6 Å². The van der Waals surface area contributed by atoms with Crippen LogP contribution in [0.25, 0.3) is 0 Å². The molecule has 1 aromatic heterocycles. The van der Waals surface area contributed by atoms with Gasteiger partial charge in [0.2, 0.25) is 0 Å². The lowest BCUT2D eigenvalue weighted by Crippen LogP contribution is -2.19. The highest BCUT2D eigenvalue weighted by molar-refractivity contribution is 7.80. The van der Waals surface area contributed by atoms with Crippen molar-refractivity contribution in [1.29, 1.82) is 0 Å². The third-order valence-corrected chi connectivity index (χ3v) is 3.30. The first-order valence-corrected chi connectivity index (χ1v) is 6.40. The Kier molecular flexibility index (Phi) is 4.27. The quantitative estimate of drug-likeness (QED) is 0.755. The average Bonchev–Trinajstić information content (AvgIpc) is 2.45. The van der Waals surface area contributed by atoms with Crippen LogP contribution in [0.4, 0.5) is 13.2 Å². The van der Waals surface area contributed by atoms with E-state index >= 15 is 0 Å². The summed E-state index contributed by atoms with van der Waals surface area (Å²) >= 11 is 4.12. The molecule has 2 aromatic rings. The van der Waals surface area contributed by atoms with Crippen molar-refractivity contribution in [3.05, 3.63) is 63.3 Å². The molecule has 22 heavy (non-hydrogen) atoms. The highest BCUT2D eigenvalue weighted by atomic mass is 32.1. The van der Waals surface area contributed by atoms with Gasteiger partial charge in [0.25, 0.3) is 5.56 Å². The van der Waals surface area contributed by atoms with Crippen molar-refractivity contribution in [3.63, 3.8) is 0 Å². The molecule has 0 fully saturated rings. The molecule has 0 aliphatic rings. The van der Waals surface area contributed by atoms with Crippen molar-refractivity contribution >= 4 is 18.6 Å². The first-order valence-electron chi connectivity index (χ1n) is 5.88. The summed E-state index contributed by atoms with van der Waals surface area (Å²) in [5.41, 5.74) is -2.05. The number of aromatic nitrogens is 2. The fraction of sp³-hybridized carbons (Fsp3) is 0.154. The van der Waals surface area contributed by atoms with Crippen molar-refractivity contribution in [1.82, 2.24) is 9.97 Å². The number of carboxylic acids is 1. The lowest BCUT2D eigenvalue weighted by atomic mass is 10.1. The third kappa shape index (κ3) is 3.48. The Morgan fingerprint density at radius 2 is 2.00 bits per heavy atom. The second kappa shape index (κ2) is 5.84. The van der Waals surface area contributed by atoms with E-state index in [1.165, 1.54) is 24.3 Å². The van der Waals surface area contributed by atoms with Crippen LogP contribution in [0.3, 0.4) is 0 Å². The van der Waals surface area contributed by atoms with Gasteiger partial charge in [-0.1, -0.05) is 12.1 Å². The predicted molar refractivity (Wildman–Crippen MR) is 74.1 cm³/mol. The van der Waals surface area contributed by atoms with Crippen molar-refractivity contribution in [2.24, 2.45) is 0 Å². The van der Waals surface area contributed by atoms with E-state index in [-0.39, 0.29) is 11.4 Å². The summed E-state index contributed by atoms with van der Waals surface area (Å²) in [6.45, 7) is 0. The molecule has 2 rings (SSSR count). The Balaban J connectivity index is 2.48. The van der Waals surface area contributed by atoms with Crippen LogP contribution in [-0.2, 0) is 6.18 Å². The molecule has 0 aliphatic heterocycles. The Labute approximate surface area is 127 Å². The number of carboxylic acid groups (broad SMARTS) is 1. The molecule has 1 atom stereocenters. The monoisotopic (exact) mass is 330 g/mol. The molecule has 1 heterocycles. The van der Waals surface area contributed by atoms with Crippen LogP contribution >= 0.6 is 12.6 Å². The maximum Gasteiger partial charge on any atom is 0.433 e. The Morgan fingerprint density at radius 1 is 1.32 bits per heavy atom. The zero-order chi connectivity index (χ0) is 16.5. The summed E-state index contributed by atoms with van der Waals surface area (Å²) in [6, 6.07) is 5.82. The van der Waals surface area contributed by atoms with Crippen LogP contribution in [0.1, 0.15) is 32.7 Å². The van der Waals surface area contributed by atoms with Crippen molar-refractivity contribution < 1.29 is 23.1 Å². The molecule has 0 amide bonds. The number of nitrogens with zero attached hydrogens (tertiary/aromatic N) is 1. The van der Waals surface area contributed by atoms with Crippen LogP contribution in [0.2, 0.25) is 0 Å². The third-order valence-electron chi connectivity index (χ3n) is 2.76. The highest BCUT2D eigenvalue weighted by Crippen LogP contribution is 2.30. The molecule has 1 unspecified atom stereocenters. The molecule has 0 saturated heterocycles. The van der Waals surface area contributed by atoms with Gasteiger partial charge >= 0.3 is 12.1 Å². The molecule has 0 saturated carbocycles. The molecule has 1 aromatic carbocycles. The number of benzene rings is 1. The summed E-state index contributed by atoms with van der Waals surface area (Å²) in [6.07, 6.45) is -4.76. The summed E-state index contributed by atoms with van der Waals surface area (Å²) in [4.78, 5) is 27.8. The number of H-pyrrole nitrogens is 1. The smallest absolute Gasteiger partial charge is 0.433 e. The standard InChI is InChI=1S/C13H9F3N2O3S/c14-13(15,16)8-5-9(19)18-11(17-8)10(22)6-2-1-3-7(4-6)12(20)21/h1-5,10,22H,(H,20,21)(H,17,18,19).